The first-order valence-electron chi connectivity index (χ1n) is 8.57. The number of halogens is 3. The summed E-state index contributed by atoms with van der Waals surface area (Å²) in [6.45, 7) is 5.66. The van der Waals surface area contributed by atoms with Crippen LogP contribution in [-0.2, 0) is 48.0 Å². The Labute approximate surface area is 175 Å². The molecule has 0 unspecified atom stereocenters. The number of rotatable bonds is 5. The number of nitrogens with zero attached hydrogens (tertiary/aromatic N) is 1. The Kier molecular flexibility index (Phi) is 5.96. The predicted octanol–water partition coefficient (Wildman–Crippen LogP) is 0.0551. The van der Waals surface area contributed by atoms with Gasteiger partial charge in [0, 0.05) is 0 Å². The summed E-state index contributed by atoms with van der Waals surface area (Å²) in [4.78, 5) is 36.8. The summed E-state index contributed by atoms with van der Waals surface area (Å²) in [6.07, 6.45) is -2.51. The monoisotopic (exact) mass is 495 g/mol. The molecule has 0 aromatic carbocycles. The third kappa shape index (κ3) is 4.00. The minimum absolute atomic E-state index is 0.389. The van der Waals surface area contributed by atoms with Gasteiger partial charge in [0.2, 0.25) is 6.79 Å². The van der Waals surface area contributed by atoms with Gasteiger partial charge in [-0.2, -0.15) is 21.6 Å². The lowest BCUT2D eigenvalue weighted by Gasteiger charge is -2.41. The molecule has 3 atom stereocenters. The summed E-state index contributed by atoms with van der Waals surface area (Å²) in [5.41, 5.74) is -6.82. The highest BCUT2D eigenvalue weighted by Gasteiger charge is 2.74. The Morgan fingerprint density at radius 3 is 2.10 bits per heavy atom. The highest BCUT2D eigenvalue weighted by atomic mass is 32.2. The summed E-state index contributed by atoms with van der Waals surface area (Å²) >= 11 is 0. The van der Waals surface area contributed by atoms with Gasteiger partial charge in [-0.25, -0.2) is 17.4 Å². The van der Waals surface area contributed by atoms with Crippen LogP contribution in [0, 0.1) is 5.41 Å². The fourth-order valence-corrected chi connectivity index (χ4v) is 5.77. The number of carbonyl (C=O) groups excluding carboxylic acids is 3. The zero-order valence-corrected chi connectivity index (χ0v) is 18.6. The van der Waals surface area contributed by atoms with Crippen LogP contribution in [0.1, 0.15) is 34.6 Å². The van der Waals surface area contributed by atoms with Crippen molar-refractivity contribution in [2.24, 2.45) is 5.41 Å². The lowest BCUT2D eigenvalue weighted by molar-refractivity contribution is -0.182. The summed E-state index contributed by atoms with van der Waals surface area (Å²) < 4.78 is 96.8. The van der Waals surface area contributed by atoms with Gasteiger partial charge in [-0.05, 0) is 34.6 Å². The van der Waals surface area contributed by atoms with Crippen LogP contribution >= 0.6 is 0 Å². The Hall–Kier alpha value is -1.94. The van der Waals surface area contributed by atoms with Gasteiger partial charge in [0.1, 0.15) is 10.8 Å². The average molecular weight is 495 g/mol. The number of hydrogen-bond acceptors (Lipinski definition) is 10. The fraction of sp³-hybridized carbons (Fsp3) is 0.800. The number of β-lactam (4-membered cyclic amide) rings is 1. The highest BCUT2D eigenvalue weighted by Crippen LogP contribution is 2.48. The highest BCUT2D eigenvalue weighted by molar-refractivity contribution is 7.94. The molecule has 2 aliphatic rings. The Balaban J connectivity index is 2.25. The molecule has 0 aromatic rings. The van der Waals surface area contributed by atoms with Crippen molar-refractivity contribution in [1.29, 1.82) is 0 Å². The number of hydrogen-bond donors (Lipinski definition) is 0. The molecule has 178 valence electrons. The molecule has 0 N–H and O–H groups in total. The van der Waals surface area contributed by atoms with Gasteiger partial charge in [0.05, 0.1) is 5.41 Å². The van der Waals surface area contributed by atoms with Crippen molar-refractivity contribution in [3.63, 3.8) is 0 Å². The molecule has 2 fully saturated rings. The number of carbonyl (C=O) groups is 3. The molecular formula is C15H20F3NO10S2. The molecule has 1 amide bonds. The van der Waals surface area contributed by atoms with E-state index >= 15 is 0 Å². The van der Waals surface area contributed by atoms with Crippen LogP contribution in [0.15, 0.2) is 0 Å². The van der Waals surface area contributed by atoms with Crippen LogP contribution in [0.2, 0.25) is 0 Å². The first-order chi connectivity index (χ1) is 13.7. The molecule has 2 heterocycles. The van der Waals surface area contributed by atoms with E-state index in [2.05, 4.69) is 4.18 Å². The van der Waals surface area contributed by atoms with E-state index in [9.17, 15) is 44.4 Å². The first kappa shape index (κ1) is 25.3. The van der Waals surface area contributed by atoms with E-state index < -0.39 is 77.8 Å². The average Bonchev–Trinajstić information content (AvgIpc) is 2.71. The molecule has 11 nitrogen and oxygen atoms in total. The molecule has 2 rings (SSSR count). The zero-order valence-electron chi connectivity index (χ0n) is 16.9. The smallest absolute Gasteiger partial charge is 0.427 e. The van der Waals surface area contributed by atoms with Crippen molar-refractivity contribution >= 4 is 37.8 Å². The molecule has 0 spiro atoms. The van der Waals surface area contributed by atoms with Gasteiger partial charge in [-0.1, -0.05) is 0 Å². The second kappa shape index (κ2) is 7.30. The summed E-state index contributed by atoms with van der Waals surface area (Å²) in [5, 5.41) is -2.15. The van der Waals surface area contributed by atoms with Crippen LogP contribution in [0.3, 0.4) is 0 Å². The van der Waals surface area contributed by atoms with E-state index in [4.69, 9.17) is 9.47 Å². The van der Waals surface area contributed by atoms with E-state index in [0.29, 0.717) is 4.90 Å². The number of ether oxygens (including phenoxy) is 2. The Morgan fingerprint density at radius 1 is 1.13 bits per heavy atom. The normalized spacial score (nSPS) is 27.3. The largest absolute Gasteiger partial charge is 0.523 e. The van der Waals surface area contributed by atoms with Crippen LogP contribution in [0.25, 0.3) is 0 Å². The lowest BCUT2D eigenvalue weighted by Crippen LogP contribution is -2.68. The van der Waals surface area contributed by atoms with Gasteiger partial charge in [0.15, 0.2) is 21.3 Å². The number of sulfone groups is 1. The molecule has 0 aliphatic carbocycles. The molecule has 16 heteroatoms. The Bertz CT molecular complexity index is 1010. The van der Waals surface area contributed by atoms with Gasteiger partial charge in [-0.3, -0.25) is 9.59 Å². The number of fused-ring (bicyclic) bond motifs is 1. The minimum atomic E-state index is -6.28. The minimum Gasteiger partial charge on any atom is -0.427 e. The van der Waals surface area contributed by atoms with Crippen LogP contribution in [-0.4, -0.2) is 74.1 Å². The maximum atomic E-state index is 12.8. The van der Waals surface area contributed by atoms with Gasteiger partial charge < -0.3 is 14.4 Å². The molecule has 0 aromatic heterocycles. The van der Waals surface area contributed by atoms with Gasteiger partial charge in [0.25, 0.3) is 5.91 Å². The van der Waals surface area contributed by atoms with Crippen LogP contribution in [0.5, 0.6) is 0 Å². The van der Waals surface area contributed by atoms with Crippen molar-refractivity contribution in [1.82, 2.24) is 4.90 Å². The third-order valence-corrected chi connectivity index (χ3v) is 8.59. The summed E-state index contributed by atoms with van der Waals surface area (Å²) in [7, 11) is -10.9. The van der Waals surface area contributed by atoms with E-state index in [1.54, 1.807) is 0 Å². The van der Waals surface area contributed by atoms with Gasteiger partial charge >= 0.3 is 27.6 Å². The molecule has 0 saturated carbocycles. The quantitative estimate of drug-likeness (QED) is 0.168. The summed E-state index contributed by atoms with van der Waals surface area (Å²) in [6, 6.07) is -1.84. The number of esters is 2. The van der Waals surface area contributed by atoms with E-state index in [1.165, 1.54) is 20.8 Å². The van der Waals surface area contributed by atoms with Crippen LogP contribution in [0.4, 0.5) is 13.2 Å². The van der Waals surface area contributed by atoms with Crippen molar-refractivity contribution in [3.05, 3.63) is 0 Å². The number of amides is 1. The molecule has 0 bridgehead atoms. The summed E-state index contributed by atoms with van der Waals surface area (Å²) in [5.74, 6) is -3.52. The van der Waals surface area contributed by atoms with Crippen molar-refractivity contribution in [2.75, 3.05) is 6.79 Å². The standard InChI is InChI=1S/C15H20F3NO10S2/c1-13(2,3)12(22)28-6-27-11(21)8-14(4,5)30(23,24)10-7(9(20)19(8)10)29-31(25,26)15(16,17)18/h7-8,10H,6H2,1-5H3/t7-,8-,10+/m0/s1. The SMILES string of the molecule is CC(C)(C)C(=O)OCOC(=O)[C@@H]1N2C(=O)[C@H](OS(=O)(=O)C(F)(F)F)[C@H]2S(=O)(=O)C1(C)C. The fourth-order valence-electron chi connectivity index (χ4n) is 2.96. The molecular weight excluding hydrogens is 475 g/mol. The maximum Gasteiger partial charge on any atom is 0.523 e. The lowest BCUT2D eigenvalue weighted by atomic mass is 9.97. The topological polar surface area (TPSA) is 150 Å². The predicted molar refractivity (Wildman–Crippen MR) is 93.8 cm³/mol. The second-order valence-electron chi connectivity index (χ2n) is 8.37. The molecule has 2 saturated heterocycles. The van der Waals surface area contributed by atoms with Gasteiger partial charge in [-0.15, -0.1) is 0 Å². The van der Waals surface area contributed by atoms with E-state index in [-0.39, 0.29) is 0 Å². The second-order valence-corrected chi connectivity index (χ2v) is 12.6. The third-order valence-electron chi connectivity index (χ3n) is 4.76. The zero-order chi connectivity index (χ0) is 24.4. The first-order valence-corrected chi connectivity index (χ1v) is 11.5. The Morgan fingerprint density at radius 2 is 1.65 bits per heavy atom. The van der Waals surface area contributed by atoms with Crippen molar-refractivity contribution in [3.8, 4) is 0 Å². The number of alkyl halides is 3. The molecule has 0 radical (unpaired) electrons. The molecule has 2 aliphatic heterocycles. The van der Waals surface area contributed by atoms with Crippen molar-refractivity contribution in [2.45, 2.75) is 62.4 Å². The maximum absolute atomic E-state index is 12.8. The van der Waals surface area contributed by atoms with E-state index in [1.807, 2.05) is 0 Å². The molecule has 31 heavy (non-hydrogen) atoms. The van der Waals surface area contributed by atoms with Crippen LogP contribution < -0.4 is 0 Å². The van der Waals surface area contributed by atoms with Crippen molar-refractivity contribution < 1.29 is 58.0 Å². The van der Waals surface area contributed by atoms with E-state index in [0.717, 1.165) is 13.8 Å².